The van der Waals surface area contributed by atoms with Crippen molar-refractivity contribution in [2.45, 2.75) is 0 Å². The first-order valence-corrected chi connectivity index (χ1v) is 17.4. The zero-order valence-corrected chi connectivity index (χ0v) is 27.8. The summed E-state index contributed by atoms with van der Waals surface area (Å²) in [7, 11) is 0. The summed E-state index contributed by atoms with van der Waals surface area (Å²) in [5.74, 6) is 0. The van der Waals surface area contributed by atoms with Gasteiger partial charge in [-0.25, -0.2) is 4.98 Å². The van der Waals surface area contributed by atoms with Crippen LogP contribution < -0.4 is 0 Å². The molecule has 0 aliphatic rings. The van der Waals surface area contributed by atoms with Gasteiger partial charge in [-0.1, -0.05) is 152 Å². The van der Waals surface area contributed by atoms with Crippen LogP contribution in [0.5, 0.6) is 0 Å². The highest BCUT2D eigenvalue weighted by molar-refractivity contribution is 6.14. The quantitative estimate of drug-likeness (QED) is 0.173. The van der Waals surface area contributed by atoms with Gasteiger partial charge in [0, 0.05) is 21.9 Å². The van der Waals surface area contributed by atoms with Crippen molar-refractivity contribution in [3.63, 3.8) is 0 Å². The Morgan fingerprint density at radius 2 is 0.863 bits per heavy atom. The van der Waals surface area contributed by atoms with Gasteiger partial charge in [-0.05, 0) is 91.3 Å². The summed E-state index contributed by atoms with van der Waals surface area (Å²) in [6.45, 7) is 0. The molecule has 0 N–H and O–H groups in total. The SMILES string of the molecule is c1ccc(-c2cc(-c3cccc4oc5ccc(-c6ccc(-c7ccc8ccc9ccccc9c8c7)cc6)cc5c34)cc(-c3ccccc3)n2)cc1. The van der Waals surface area contributed by atoms with Crippen molar-refractivity contribution in [1.29, 1.82) is 0 Å². The van der Waals surface area contributed by atoms with Crippen LogP contribution in [0.2, 0.25) is 0 Å². The Balaban J connectivity index is 1.07. The van der Waals surface area contributed by atoms with Gasteiger partial charge in [0.25, 0.3) is 0 Å². The molecule has 2 heterocycles. The Morgan fingerprint density at radius 1 is 0.314 bits per heavy atom. The third kappa shape index (κ3) is 5.17. The Morgan fingerprint density at radius 3 is 1.55 bits per heavy atom. The maximum absolute atomic E-state index is 6.46. The fourth-order valence-electron chi connectivity index (χ4n) is 7.48. The van der Waals surface area contributed by atoms with Crippen LogP contribution in [-0.4, -0.2) is 4.98 Å². The van der Waals surface area contributed by atoms with E-state index in [-0.39, 0.29) is 0 Å². The number of pyridine rings is 1. The standard InChI is InChI=1S/C49H31NO/c1-3-11-36(12-4-1)45-30-40(31-46(50-45)37-13-5-2-6-14-37)42-16-9-17-48-49(42)44-29-39(26-27-47(44)51-48)33-20-18-32(19-21-33)38-25-24-35-23-22-34-10-7-8-15-41(34)43(35)28-38/h1-31H. The first kappa shape index (κ1) is 29.2. The van der Waals surface area contributed by atoms with E-state index in [1.807, 2.05) is 12.1 Å². The summed E-state index contributed by atoms with van der Waals surface area (Å²) < 4.78 is 6.46. The molecule has 0 amide bonds. The minimum Gasteiger partial charge on any atom is -0.456 e. The van der Waals surface area contributed by atoms with Gasteiger partial charge < -0.3 is 4.42 Å². The topological polar surface area (TPSA) is 26.0 Å². The highest BCUT2D eigenvalue weighted by Gasteiger charge is 2.16. The van der Waals surface area contributed by atoms with Gasteiger partial charge in [-0.15, -0.1) is 0 Å². The van der Waals surface area contributed by atoms with Crippen molar-refractivity contribution < 1.29 is 4.42 Å². The van der Waals surface area contributed by atoms with Crippen molar-refractivity contribution in [3.05, 3.63) is 188 Å². The van der Waals surface area contributed by atoms with Gasteiger partial charge in [0.2, 0.25) is 0 Å². The molecule has 51 heavy (non-hydrogen) atoms. The van der Waals surface area contributed by atoms with Crippen molar-refractivity contribution in [2.75, 3.05) is 0 Å². The van der Waals surface area contributed by atoms with Gasteiger partial charge in [-0.3, -0.25) is 0 Å². The lowest BCUT2D eigenvalue weighted by Crippen LogP contribution is -1.91. The van der Waals surface area contributed by atoms with Crippen molar-refractivity contribution in [1.82, 2.24) is 4.98 Å². The van der Waals surface area contributed by atoms with Crippen LogP contribution in [0, 0.1) is 0 Å². The third-order valence-electron chi connectivity index (χ3n) is 10.1. The van der Waals surface area contributed by atoms with Crippen LogP contribution in [0.3, 0.4) is 0 Å². The van der Waals surface area contributed by atoms with Crippen LogP contribution in [-0.2, 0) is 0 Å². The summed E-state index contributed by atoms with van der Waals surface area (Å²) >= 11 is 0. The van der Waals surface area contributed by atoms with E-state index in [9.17, 15) is 0 Å². The number of fused-ring (bicyclic) bond motifs is 6. The second kappa shape index (κ2) is 12.0. The molecular weight excluding hydrogens is 619 g/mol. The number of hydrogen-bond acceptors (Lipinski definition) is 2. The maximum Gasteiger partial charge on any atom is 0.136 e. The molecule has 0 fully saturated rings. The molecule has 0 saturated heterocycles. The van der Waals surface area contributed by atoms with E-state index in [4.69, 9.17) is 9.40 Å². The average molecular weight is 650 g/mol. The van der Waals surface area contributed by atoms with Gasteiger partial charge in [-0.2, -0.15) is 0 Å². The lowest BCUT2D eigenvalue weighted by Gasteiger charge is -2.11. The largest absolute Gasteiger partial charge is 0.456 e. The molecule has 0 spiro atoms. The minimum atomic E-state index is 0.873. The van der Waals surface area contributed by atoms with E-state index in [1.54, 1.807) is 0 Å². The highest BCUT2D eigenvalue weighted by atomic mass is 16.3. The number of rotatable bonds is 5. The van der Waals surface area contributed by atoms with Crippen molar-refractivity contribution in [2.24, 2.45) is 0 Å². The number of furan rings is 1. The van der Waals surface area contributed by atoms with E-state index < -0.39 is 0 Å². The van der Waals surface area contributed by atoms with Gasteiger partial charge in [0.05, 0.1) is 11.4 Å². The minimum absolute atomic E-state index is 0.873. The molecule has 238 valence electrons. The molecule has 8 aromatic carbocycles. The van der Waals surface area contributed by atoms with Crippen LogP contribution in [0.15, 0.2) is 192 Å². The molecule has 2 nitrogen and oxygen atoms in total. The Kier molecular flexibility index (Phi) is 6.85. The first-order chi connectivity index (χ1) is 25.2. The zero-order valence-electron chi connectivity index (χ0n) is 27.8. The Bertz CT molecular complexity index is 2830. The zero-order chi connectivity index (χ0) is 33.7. The Hall–Kier alpha value is -6.77. The molecular formula is C49H31NO. The van der Waals surface area contributed by atoms with E-state index in [2.05, 4.69) is 176 Å². The fraction of sp³-hybridized carbons (Fsp3) is 0. The monoisotopic (exact) mass is 649 g/mol. The third-order valence-corrected chi connectivity index (χ3v) is 10.1. The number of nitrogens with zero attached hydrogens (tertiary/aromatic N) is 1. The summed E-state index contributed by atoms with van der Waals surface area (Å²) in [6, 6.07) is 66.8. The average Bonchev–Trinajstić information content (AvgIpc) is 3.59. The molecule has 0 atom stereocenters. The summed E-state index contributed by atoms with van der Waals surface area (Å²) in [4.78, 5) is 5.12. The Labute approximate surface area is 295 Å². The molecule has 0 aliphatic carbocycles. The molecule has 2 aromatic heterocycles. The predicted octanol–water partition coefficient (Wildman–Crippen LogP) is 13.6. The smallest absolute Gasteiger partial charge is 0.136 e. The van der Waals surface area contributed by atoms with Crippen LogP contribution in [0.1, 0.15) is 0 Å². The summed E-state index contributed by atoms with van der Waals surface area (Å²) in [5, 5.41) is 7.30. The van der Waals surface area contributed by atoms with Crippen LogP contribution in [0.25, 0.3) is 99.4 Å². The molecule has 10 aromatic rings. The summed E-state index contributed by atoms with van der Waals surface area (Å²) in [5.41, 5.74) is 12.8. The van der Waals surface area contributed by atoms with E-state index in [1.165, 1.54) is 38.2 Å². The van der Waals surface area contributed by atoms with Gasteiger partial charge in [0.15, 0.2) is 0 Å². The first-order valence-electron chi connectivity index (χ1n) is 17.4. The molecule has 2 heteroatoms. The van der Waals surface area contributed by atoms with Crippen molar-refractivity contribution >= 4 is 43.5 Å². The van der Waals surface area contributed by atoms with Crippen LogP contribution >= 0.6 is 0 Å². The number of hydrogen-bond donors (Lipinski definition) is 0. The predicted molar refractivity (Wildman–Crippen MR) is 214 cm³/mol. The molecule has 0 saturated carbocycles. The van der Waals surface area contributed by atoms with Crippen molar-refractivity contribution in [3.8, 4) is 55.9 Å². The second-order valence-electron chi connectivity index (χ2n) is 13.2. The van der Waals surface area contributed by atoms with E-state index in [0.29, 0.717) is 0 Å². The molecule has 0 radical (unpaired) electrons. The molecule has 0 bridgehead atoms. The highest BCUT2D eigenvalue weighted by Crippen LogP contribution is 2.40. The lowest BCUT2D eigenvalue weighted by molar-refractivity contribution is 0.669. The maximum atomic E-state index is 6.46. The van der Waals surface area contributed by atoms with E-state index >= 15 is 0 Å². The molecule has 0 aliphatic heterocycles. The van der Waals surface area contributed by atoms with Gasteiger partial charge in [0.1, 0.15) is 11.2 Å². The molecule has 10 rings (SSSR count). The second-order valence-corrected chi connectivity index (χ2v) is 13.2. The van der Waals surface area contributed by atoms with Crippen LogP contribution in [0.4, 0.5) is 0 Å². The van der Waals surface area contributed by atoms with E-state index in [0.717, 1.165) is 61.1 Å². The number of benzene rings is 8. The fourth-order valence-corrected chi connectivity index (χ4v) is 7.48. The lowest BCUT2D eigenvalue weighted by atomic mass is 9.94. The summed E-state index contributed by atoms with van der Waals surface area (Å²) in [6.07, 6.45) is 0. The van der Waals surface area contributed by atoms with Gasteiger partial charge >= 0.3 is 0 Å². The normalized spacial score (nSPS) is 11.5. The number of aromatic nitrogens is 1. The molecule has 0 unspecified atom stereocenters.